The first-order chi connectivity index (χ1) is 8.74. The van der Waals surface area contributed by atoms with Crippen molar-refractivity contribution in [3.05, 3.63) is 29.3 Å². The van der Waals surface area contributed by atoms with E-state index in [0.29, 0.717) is 12.0 Å². The molecule has 6 heteroatoms. The molecule has 1 rings (SSSR count). The van der Waals surface area contributed by atoms with Gasteiger partial charge in [0.15, 0.2) is 0 Å². The van der Waals surface area contributed by atoms with Crippen LogP contribution < -0.4 is 0 Å². The lowest BCUT2D eigenvalue weighted by atomic mass is 10.1. The molecule has 0 saturated carbocycles. The topological polar surface area (TPSA) is 40.5 Å². The molecule has 0 aliphatic rings. The second-order valence-corrected chi connectivity index (χ2v) is 4.34. The number of hydrogen-bond donors (Lipinski definition) is 1. The highest BCUT2D eigenvalue weighted by molar-refractivity contribution is 5.95. The summed E-state index contributed by atoms with van der Waals surface area (Å²) < 4.78 is 37.3. The van der Waals surface area contributed by atoms with Gasteiger partial charge in [-0.1, -0.05) is 6.92 Å². The second kappa shape index (κ2) is 5.95. The Morgan fingerprint density at radius 1 is 1.37 bits per heavy atom. The van der Waals surface area contributed by atoms with Gasteiger partial charge in [-0.2, -0.15) is 13.2 Å². The first-order valence-corrected chi connectivity index (χ1v) is 5.90. The Hall–Kier alpha value is -1.72. The molecular weight excluding hydrogens is 259 g/mol. The van der Waals surface area contributed by atoms with Crippen molar-refractivity contribution in [2.24, 2.45) is 0 Å². The summed E-state index contributed by atoms with van der Waals surface area (Å²) in [5, 5.41) is 9.24. The van der Waals surface area contributed by atoms with E-state index in [1.54, 1.807) is 13.8 Å². The molecule has 0 atom stereocenters. The number of rotatable bonds is 4. The van der Waals surface area contributed by atoms with Gasteiger partial charge in [-0.05, 0) is 37.1 Å². The zero-order valence-corrected chi connectivity index (χ0v) is 10.8. The third-order valence-electron chi connectivity index (χ3n) is 2.59. The predicted octanol–water partition coefficient (Wildman–Crippen LogP) is 3.12. The Kier molecular flexibility index (Phi) is 4.80. The number of phenols is 1. The van der Waals surface area contributed by atoms with Crippen molar-refractivity contribution >= 4 is 5.91 Å². The molecule has 1 aromatic rings. The van der Waals surface area contributed by atoms with Gasteiger partial charge in [0, 0.05) is 12.1 Å². The van der Waals surface area contributed by atoms with Crippen molar-refractivity contribution in [2.45, 2.75) is 26.4 Å². The fourth-order valence-corrected chi connectivity index (χ4v) is 1.80. The van der Waals surface area contributed by atoms with Gasteiger partial charge in [-0.15, -0.1) is 0 Å². The fourth-order valence-electron chi connectivity index (χ4n) is 1.80. The lowest BCUT2D eigenvalue weighted by molar-refractivity contribution is -0.140. The van der Waals surface area contributed by atoms with E-state index < -0.39 is 18.6 Å². The number of carbonyl (C=O) groups is 1. The summed E-state index contributed by atoms with van der Waals surface area (Å²) in [5.41, 5.74) is 0.628. The smallest absolute Gasteiger partial charge is 0.406 e. The fraction of sp³-hybridized carbons (Fsp3) is 0.462. The van der Waals surface area contributed by atoms with Crippen LogP contribution in [0.3, 0.4) is 0 Å². The molecule has 0 unspecified atom stereocenters. The van der Waals surface area contributed by atoms with Crippen LogP contribution in [0.5, 0.6) is 5.75 Å². The number of phenolic OH excluding ortho intramolecular Hbond substituents is 1. The summed E-state index contributed by atoms with van der Waals surface area (Å²) in [6.07, 6.45) is -3.98. The van der Waals surface area contributed by atoms with Gasteiger partial charge in [-0.3, -0.25) is 4.79 Å². The first kappa shape index (κ1) is 15.3. The van der Waals surface area contributed by atoms with E-state index >= 15 is 0 Å². The predicted molar refractivity (Wildman–Crippen MR) is 65.1 cm³/mol. The number of amides is 1. The molecule has 0 saturated heterocycles. The Morgan fingerprint density at radius 2 is 2.00 bits per heavy atom. The SMILES string of the molecule is CCCN(CC(F)(F)F)C(=O)c1ccc(O)cc1C. The summed E-state index contributed by atoms with van der Waals surface area (Å²) in [4.78, 5) is 12.9. The quantitative estimate of drug-likeness (QED) is 0.917. The van der Waals surface area contributed by atoms with Crippen LogP contribution in [-0.4, -0.2) is 35.2 Å². The zero-order valence-electron chi connectivity index (χ0n) is 10.8. The molecule has 1 N–H and O–H groups in total. The number of hydrogen-bond acceptors (Lipinski definition) is 2. The minimum absolute atomic E-state index is 0.0214. The number of aryl methyl sites for hydroxylation is 1. The maximum Gasteiger partial charge on any atom is 0.406 e. The third-order valence-corrected chi connectivity index (χ3v) is 2.59. The number of benzene rings is 1. The monoisotopic (exact) mass is 275 g/mol. The maximum absolute atomic E-state index is 12.4. The maximum atomic E-state index is 12.4. The first-order valence-electron chi connectivity index (χ1n) is 5.90. The van der Waals surface area contributed by atoms with Crippen molar-refractivity contribution in [1.82, 2.24) is 4.90 Å². The highest BCUT2D eigenvalue weighted by atomic mass is 19.4. The van der Waals surface area contributed by atoms with E-state index in [1.165, 1.54) is 18.2 Å². The van der Waals surface area contributed by atoms with Crippen LogP contribution >= 0.6 is 0 Å². The Morgan fingerprint density at radius 3 is 2.47 bits per heavy atom. The summed E-state index contributed by atoms with van der Waals surface area (Å²) in [6.45, 7) is 2.06. The molecule has 0 aliphatic carbocycles. The van der Waals surface area contributed by atoms with Crippen molar-refractivity contribution in [2.75, 3.05) is 13.1 Å². The van der Waals surface area contributed by atoms with Crippen molar-refractivity contribution in [3.8, 4) is 5.75 Å². The van der Waals surface area contributed by atoms with Gasteiger partial charge in [-0.25, -0.2) is 0 Å². The van der Waals surface area contributed by atoms with Gasteiger partial charge >= 0.3 is 6.18 Å². The van der Waals surface area contributed by atoms with E-state index in [1.807, 2.05) is 0 Å². The number of carbonyl (C=O) groups excluding carboxylic acids is 1. The normalized spacial score (nSPS) is 11.4. The highest BCUT2D eigenvalue weighted by Gasteiger charge is 2.33. The van der Waals surface area contributed by atoms with Gasteiger partial charge in [0.1, 0.15) is 12.3 Å². The second-order valence-electron chi connectivity index (χ2n) is 4.34. The zero-order chi connectivity index (χ0) is 14.6. The Balaban J connectivity index is 2.99. The van der Waals surface area contributed by atoms with Crippen molar-refractivity contribution < 1.29 is 23.1 Å². The lowest BCUT2D eigenvalue weighted by Crippen LogP contribution is -2.39. The van der Waals surface area contributed by atoms with E-state index in [-0.39, 0.29) is 17.9 Å². The molecule has 0 fully saturated rings. The standard InChI is InChI=1S/C13H16F3NO2/c1-3-6-17(8-13(14,15)16)12(19)11-5-4-10(18)7-9(11)2/h4-5,7,18H,3,6,8H2,1-2H3. The van der Waals surface area contributed by atoms with Crippen molar-refractivity contribution in [1.29, 1.82) is 0 Å². The third kappa shape index (κ3) is 4.46. The number of nitrogens with zero attached hydrogens (tertiary/aromatic N) is 1. The Bertz CT molecular complexity index is 458. The molecule has 1 aromatic carbocycles. The molecule has 3 nitrogen and oxygen atoms in total. The van der Waals surface area contributed by atoms with E-state index in [2.05, 4.69) is 0 Å². The van der Waals surface area contributed by atoms with Gasteiger partial charge < -0.3 is 10.0 Å². The summed E-state index contributed by atoms with van der Waals surface area (Å²) in [6, 6.07) is 3.98. The van der Waals surface area contributed by atoms with Crippen LogP contribution in [-0.2, 0) is 0 Å². The van der Waals surface area contributed by atoms with Crippen LogP contribution in [0.4, 0.5) is 13.2 Å². The molecule has 19 heavy (non-hydrogen) atoms. The van der Waals surface area contributed by atoms with Crippen LogP contribution in [0, 0.1) is 6.92 Å². The van der Waals surface area contributed by atoms with Gasteiger partial charge in [0.2, 0.25) is 0 Å². The highest BCUT2D eigenvalue weighted by Crippen LogP contribution is 2.21. The summed E-state index contributed by atoms with van der Waals surface area (Å²) in [5.74, 6) is -0.691. The van der Waals surface area contributed by atoms with E-state index in [9.17, 15) is 23.1 Å². The average molecular weight is 275 g/mol. The van der Waals surface area contributed by atoms with Crippen LogP contribution in [0.2, 0.25) is 0 Å². The molecule has 0 heterocycles. The number of alkyl halides is 3. The molecular formula is C13H16F3NO2. The molecule has 106 valence electrons. The number of halogens is 3. The van der Waals surface area contributed by atoms with Gasteiger partial charge in [0.25, 0.3) is 5.91 Å². The van der Waals surface area contributed by atoms with Crippen LogP contribution in [0.15, 0.2) is 18.2 Å². The molecule has 0 aliphatic heterocycles. The Labute approximate surface area is 109 Å². The molecule has 0 spiro atoms. The van der Waals surface area contributed by atoms with Crippen molar-refractivity contribution in [3.63, 3.8) is 0 Å². The summed E-state index contributed by atoms with van der Waals surface area (Å²) >= 11 is 0. The van der Waals surface area contributed by atoms with Crippen LogP contribution in [0.1, 0.15) is 29.3 Å². The van der Waals surface area contributed by atoms with Gasteiger partial charge in [0.05, 0.1) is 0 Å². The lowest BCUT2D eigenvalue weighted by Gasteiger charge is -2.24. The van der Waals surface area contributed by atoms with E-state index in [4.69, 9.17) is 0 Å². The number of aromatic hydroxyl groups is 1. The minimum atomic E-state index is -4.42. The molecule has 0 bridgehead atoms. The largest absolute Gasteiger partial charge is 0.508 e. The average Bonchev–Trinajstić information content (AvgIpc) is 2.26. The minimum Gasteiger partial charge on any atom is -0.508 e. The van der Waals surface area contributed by atoms with Crippen LogP contribution in [0.25, 0.3) is 0 Å². The van der Waals surface area contributed by atoms with E-state index in [0.717, 1.165) is 4.90 Å². The molecule has 0 aromatic heterocycles. The molecule has 1 amide bonds. The summed E-state index contributed by atoms with van der Waals surface area (Å²) in [7, 11) is 0. The molecule has 0 radical (unpaired) electrons.